The Bertz CT molecular complexity index is 499. The van der Waals surface area contributed by atoms with Gasteiger partial charge in [0.05, 0.1) is 6.61 Å². The van der Waals surface area contributed by atoms with Crippen molar-refractivity contribution < 1.29 is 13.9 Å². The van der Waals surface area contributed by atoms with Gasteiger partial charge in [0, 0.05) is 13.0 Å². The van der Waals surface area contributed by atoms with Crippen LogP contribution in [0.4, 0.5) is 4.39 Å². The van der Waals surface area contributed by atoms with Crippen molar-refractivity contribution in [1.82, 2.24) is 5.32 Å². The molecule has 0 aliphatic heterocycles. The molecule has 0 atom stereocenters. The second-order valence-electron chi connectivity index (χ2n) is 6.80. The summed E-state index contributed by atoms with van der Waals surface area (Å²) in [4.78, 5) is 12.1. The van der Waals surface area contributed by atoms with Gasteiger partial charge in [-0.3, -0.25) is 4.79 Å². The van der Waals surface area contributed by atoms with E-state index in [4.69, 9.17) is 10.5 Å². The van der Waals surface area contributed by atoms with Crippen LogP contribution in [0.1, 0.15) is 51.4 Å². The molecule has 1 aliphatic rings. The van der Waals surface area contributed by atoms with Crippen molar-refractivity contribution >= 4 is 5.91 Å². The SMILES string of the molecule is NCC1(CC(=O)NCCCCOc2ccc(F)cc2)CCCCC1. The van der Waals surface area contributed by atoms with E-state index in [-0.39, 0.29) is 17.1 Å². The maximum absolute atomic E-state index is 12.8. The van der Waals surface area contributed by atoms with Crippen molar-refractivity contribution in [3.63, 3.8) is 0 Å². The number of rotatable bonds is 9. The van der Waals surface area contributed by atoms with Crippen molar-refractivity contribution in [3.8, 4) is 5.75 Å². The van der Waals surface area contributed by atoms with Crippen LogP contribution in [0, 0.1) is 11.2 Å². The smallest absolute Gasteiger partial charge is 0.220 e. The summed E-state index contributed by atoms with van der Waals surface area (Å²) in [7, 11) is 0. The molecule has 0 saturated heterocycles. The first-order valence-corrected chi connectivity index (χ1v) is 8.99. The van der Waals surface area contributed by atoms with Crippen molar-refractivity contribution in [2.45, 2.75) is 51.4 Å². The predicted octanol–water partition coefficient (Wildman–Crippen LogP) is 3.40. The van der Waals surface area contributed by atoms with E-state index >= 15 is 0 Å². The maximum Gasteiger partial charge on any atom is 0.220 e. The van der Waals surface area contributed by atoms with Crippen molar-refractivity contribution in [2.75, 3.05) is 19.7 Å². The molecule has 0 aromatic heterocycles. The number of carbonyl (C=O) groups is 1. The molecule has 1 aromatic carbocycles. The highest BCUT2D eigenvalue weighted by Gasteiger charge is 2.32. The Morgan fingerprint density at radius 3 is 2.54 bits per heavy atom. The van der Waals surface area contributed by atoms with Gasteiger partial charge >= 0.3 is 0 Å². The van der Waals surface area contributed by atoms with Gasteiger partial charge < -0.3 is 15.8 Å². The van der Waals surface area contributed by atoms with Crippen LogP contribution in [0.2, 0.25) is 0 Å². The van der Waals surface area contributed by atoms with Crippen molar-refractivity contribution in [2.24, 2.45) is 11.1 Å². The Labute approximate surface area is 144 Å². The number of hydrogen-bond acceptors (Lipinski definition) is 3. The van der Waals surface area contributed by atoms with Gasteiger partial charge in [-0.1, -0.05) is 19.3 Å². The second kappa shape index (κ2) is 9.62. The fourth-order valence-electron chi connectivity index (χ4n) is 3.33. The Balaban J connectivity index is 1.56. The maximum atomic E-state index is 12.8. The summed E-state index contributed by atoms with van der Waals surface area (Å²) in [5, 5.41) is 3.00. The van der Waals surface area contributed by atoms with Gasteiger partial charge in [0.25, 0.3) is 0 Å². The number of nitrogens with one attached hydrogen (secondary N) is 1. The van der Waals surface area contributed by atoms with E-state index < -0.39 is 0 Å². The minimum Gasteiger partial charge on any atom is -0.494 e. The van der Waals surface area contributed by atoms with E-state index in [2.05, 4.69) is 5.32 Å². The molecule has 1 fully saturated rings. The first-order chi connectivity index (χ1) is 11.6. The number of halogens is 1. The second-order valence-corrected chi connectivity index (χ2v) is 6.80. The van der Waals surface area contributed by atoms with E-state index in [1.165, 1.54) is 31.4 Å². The standard InChI is InChI=1S/C19H29FN2O2/c20-16-6-8-17(9-7-16)24-13-5-4-12-22-18(23)14-19(15-21)10-2-1-3-11-19/h6-9H,1-5,10-15,21H2,(H,22,23). The van der Waals surface area contributed by atoms with Gasteiger partial charge in [-0.05, 0) is 61.9 Å². The van der Waals surface area contributed by atoms with E-state index in [1.807, 2.05) is 0 Å². The molecular weight excluding hydrogens is 307 g/mol. The quantitative estimate of drug-likeness (QED) is 0.679. The number of nitrogens with two attached hydrogens (primary N) is 1. The molecule has 2 rings (SSSR count). The average Bonchev–Trinajstić information content (AvgIpc) is 2.60. The third-order valence-electron chi connectivity index (χ3n) is 4.86. The molecule has 0 bridgehead atoms. The van der Waals surface area contributed by atoms with Crippen LogP contribution in [0.25, 0.3) is 0 Å². The third-order valence-corrected chi connectivity index (χ3v) is 4.86. The zero-order valence-electron chi connectivity index (χ0n) is 14.4. The zero-order valence-corrected chi connectivity index (χ0v) is 14.4. The Hall–Kier alpha value is -1.62. The number of amides is 1. The van der Waals surface area contributed by atoms with Gasteiger partial charge in [-0.15, -0.1) is 0 Å². The van der Waals surface area contributed by atoms with Crippen LogP contribution in [0.3, 0.4) is 0 Å². The summed E-state index contributed by atoms with van der Waals surface area (Å²) in [5.41, 5.74) is 5.95. The molecule has 1 saturated carbocycles. The molecule has 0 heterocycles. The topological polar surface area (TPSA) is 64.4 Å². The summed E-state index contributed by atoms with van der Waals surface area (Å²) < 4.78 is 18.3. The third kappa shape index (κ3) is 6.11. The number of ether oxygens (including phenoxy) is 1. The molecule has 24 heavy (non-hydrogen) atoms. The summed E-state index contributed by atoms with van der Waals surface area (Å²) in [6.07, 6.45) is 8.04. The highest BCUT2D eigenvalue weighted by atomic mass is 19.1. The minimum atomic E-state index is -0.265. The first kappa shape index (κ1) is 18.7. The van der Waals surface area contributed by atoms with Gasteiger partial charge in [0.2, 0.25) is 5.91 Å². The molecule has 0 spiro atoms. The lowest BCUT2D eigenvalue weighted by molar-refractivity contribution is -0.123. The molecule has 3 N–H and O–H groups in total. The molecule has 134 valence electrons. The fraction of sp³-hybridized carbons (Fsp3) is 0.632. The number of benzene rings is 1. The Morgan fingerprint density at radius 2 is 1.88 bits per heavy atom. The molecule has 1 amide bonds. The molecule has 1 aromatic rings. The van der Waals surface area contributed by atoms with Gasteiger partial charge in [0.1, 0.15) is 11.6 Å². The highest BCUT2D eigenvalue weighted by molar-refractivity contribution is 5.76. The monoisotopic (exact) mass is 336 g/mol. The Kier molecular flexibility index (Phi) is 7.50. The van der Waals surface area contributed by atoms with Crippen LogP contribution < -0.4 is 15.8 Å². The van der Waals surface area contributed by atoms with E-state index in [0.29, 0.717) is 31.9 Å². The summed E-state index contributed by atoms with van der Waals surface area (Å²) in [6.45, 7) is 1.83. The zero-order chi connectivity index (χ0) is 17.3. The van der Waals surface area contributed by atoms with Crippen LogP contribution in [0.15, 0.2) is 24.3 Å². The lowest BCUT2D eigenvalue weighted by Gasteiger charge is -2.35. The fourth-order valence-corrected chi connectivity index (χ4v) is 3.33. The van der Waals surface area contributed by atoms with Gasteiger partial charge in [-0.2, -0.15) is 0 Å². The normalized spacial score (nSPS) is 16.6. The Morgan fingerprint density at radius 1 is 1.17 bits per heavy atom. The van der Waals surface area contributed by atoms with E-state index in [0.717, 1.165) is 25.7 Å². The van der Waals surface area contributed by atoms with E-state index in [9.17, 15) is 9.18 Å². The number of unbranched alkanes of at least 4 members (excludes halogenated alkanes) is 1. The van der Waals surface area contributed by atoms with E-state index in [1.54, 1.807) is 12.1 Å². The lowest BCUT2D eigenvalue weighted by Crippen LogP contribution is -2.38. The van der Waals surface area contributed by atoms with Crippen LogP contribution in [-0.4, -0.2) is 25.6 Å². The summed E-state index contributed by atoms with van der Waals surface area (Å²) in [5.74, 6) is 0.516. The summed E-state index contributed by atoms with van der Waals surface area (Å²) in [6, 6.07) is 6.00. The number of hydrogen-bond donors (Lipinski definition) is 2. The van der Waals surface area contributed by atoms with Gasteiger partial charge in [-0.25, -0.2) is 4.39 Å². The first-order valence-electron chi connectivity index (χ1n) is 8.99. The lowest BCUT2D eigenvalue weighted by atomic mass is 9.71. The predicted molar refractivity (Wildman–Crippen MR) is 93.3 cm³/mol. The largest absolute Gasteiger partial charge is 0.494 e. The molecule has 0 radical (unpaired) electrons. The van der Waals surface area contributed by atoms with Crippen LogP contribution >= 0.6 is 0 Å². The van der Waals surface area contributed by atoms with Crippen LogP contribution in [0.5, 0.6) is 5.75 Å². The molecule has 1 aliphatic carbocycles. The molecule has 0 unspecified atom stereocenters. The highest BCUT2D eigenvalue weighted by Crippen LogP contribution is 2.38. The van der Waals surface area contributed by atoms with Crippen LogP contribution in [-0.2, 0) is 4.79 Å². The van der Waals surface area contributed by atoms with Crippen molar-refractivity contribution in [1.29, 1.82) is 0 Å². The van der Waals surface area contributed by atoms with Gasteiger partial charge in [0.15, 0.2) is 0 Å². The summed E-state index contributed by atoms with van der Waals surface area (Å²) >= 11 is 0. The average molecular weight is 336 g/mol. The van der Waals surface area contributed by atoms with Crippen molar-refractivity contribution in [3.05, 3.63) is 30.1 Å². The molecule has 5 heteroatoms. The number of carbonyl (C=O) groups excluding carboxylic acids is 1. The molecule has 4 nitrogen and oxygen atoms in total. The minimum absolute atomic E-state index is 0.0219. The molecular formula is C19H29FN2O2.